The van der Waals surface area contributed by atoms with Gasteiger partial charge in [-0.2, -0.15) is 0 Å². The molecular weight excluding hydrogens is 234 g/mol. The molecule has 0 amide bonds. The summed E-state index contributed by atoms with van der Waals surface area (Å²) in [6.45, 7) is 6.55. The fourth-order valence-electron chi connectivity index (χ4n) is 2.16. The molecule has 2 aromatic rings. The number of nitrogens with two attached hydrogens (primary N) is 1. The van der Waals surface area contributed by atoms with Crippen molar-refractivity contribution in [2.45, 2.75) is 33.2 Å². The Hall–Kier alpha value is -1.54. The maximum atomic E-state index is 6.31. The van der Waals surface area contributed by atoms with E-state index in [4.69, 9.17) is 10.5 Å². The molecule has 0 fully saturated rings. The third-order valence-electron chi connectivity index (χ3n) is 3.73. The van der Waals surface area contributed by atoms with E-state index in [9.17, 15) is 0 Å². The number of benzene rings is 2. The summed E-state index contributed by atoms with van der Waals surface area (Å²) < 4.78 is 5.32. The van der Waals surface area contributed by atoms with Crippen LogP contribution in [0.2, 0.25) is 0 Å². The van der Waals surface area contributed by atoms with Gasteiger partial charge in [0, 0.05) is 6.04 Å². The molecule has 0 spiro atoms. The molecule has 0 aliphatic carbocycles. The number of hydrogen-bond donors (Lipinski definition) is 1. The van der Waals surface area contributed by atoms with Crippen molar-refractivity contribution in [2.75, 3.05) is 7.11 Å². The minimum absolute atomic E-state index is 0.112. The largest absolute Gasteiger partial charge is 0.497 e. The molecule has 2 heteroatoms. The summed E-state index contributed by atoms with van der Waals surface area (Å²) in [6, 6.07) is 12.7. The summed E-state index contributed by atoms with van der Waals surface area (Å²) in [7, 11) is 1.70. The van der Waals surface area contributed by atoms with E-state index in [0.29, 0.717) is 0 Å². The van der Waals surface area contributed by atoms with E-state index >= 15 is 0 Å². The Kier molecular flexibility index (Phi) is 3.81. The van der Waals surface area contributed by atoms with Gasteiger partial charge in [0.15, 0.2) is 0 Å². The summed E-state index contributed by atoms with van der Waals surface area (Å²) in [6.07, 6.45) is 0.883. The van der Waals surface area contributed by atoms with Crippen LogP contribution in [0.15, 0.2) is 36.4 Å². The second-order valence-corrected chi connectivity index (χ2v) is 6.18. The Morgan fingerprint density at radius 2 is 1.89 bits per heavy atom. The van der Waals surface area contributed by atoms with Gasteiger partial charge < -0.3 is 10.5 Å². The Morgan fingerprint density at radius 1 is 1.16 bits per heavy atom. The predicted octanol–water partition coefficient (Wildman–Crippen LogP) is 3.76. The van der Waals surface area contributed by atoms with Crippen LogP contribution in [0.5, 0.6) is 5.75 Å². The molecule has 0 aliphatic rings. The Balaban J connectivity index is 2.42. The van der Waals surface area contributed by atoms with E-state index in [1.807, 2.05) is 6.07 Å². The highest BCUT2D eigenvalue weighted by Gasteiger charge is 2.21. The van der Waals surface area contributed by atoms with Gasteiger partial charge in [0.1, 0.15) is 5.75 Å². The topological polar surface area (TPSA) is 35.2 Å². The van der Waals surface area contributed by atoms with Crippen LogP contribution < -0.4 is 10.5 Å². The molecule has 0 radical (unpaired) electrons. The second-order valence-electron chi connectivity index (χ2n) is 6.18. The van der Waals surface area contributed by atoms with Gasteiger partial charge in [-0.15, -0.1) is 0 Å². The van der Waals surface area contributed by atoms with Crippen LogP contribution in [0.3, 0.4) is 0 Å². The van der Waals surface area contributed by atoms with Gasteiger partial charge in [-0.1, -0.05) is 45.0 Å². The highest BCUT2D eigenvalue weighted by molar-refractivity contribution is 5.87. The molecule has 0 bridgehead atoms. The average Bonchev–Trinajstić information content (AvgIpc) is 2.37. The predicted molar refractivity (Wildman–Crippen MR) is 81.6 cm³/mol. The van der Waals surface area contributed by atoms with Crippen molar-refractivity contribution >= 4 is 10.8 Å². The monoisotopic (exact) mass is 257 g/mol. The van der Waals surface area contributed by atoms with Crippen molar-refractivity contribution in [2.24, 2.45) is 11.1 Å². The third kappa shape index (κ3) is 3.07. The fraction of sp³-hybridized carbons (Fsp3) is 0.412. The minimum Gasteiger partial charge on any atom is -0.497 e. The fourth-order valence-corrected chi connectivity index (χ4v) is 2.16. The van der Waals surface area contributed by atoms with E-state index in [-0.39, 0.29) is 11.5 Å². The van der Waals surface area contributed by atoms with Crippen LogP contribution in [0.4, 0.5) is 0 Å². The SMILES string of the molecule is COc1ccc2cccc(CC(N)C(C)(C)C)c2c1. The van der Waals surface area contributed by atoms with Crippen molar-refractivity contribution < 1.29 is 4.74 Å². The zero-order valence-corrected chi connectivity index (χ0v) is 12.2. The molecule has 19 heavy (non-hydrogen) atoms. The molecule has 0 saturated heterocycles. The summed E-state index contributed by atoms with van der Waals surface area (Å²) >= 11 is 0. The molecule has 102 valence electrons. The molecular formula is C17H23NO. The lowest BCUT2D eigenvalue weighted by Crippen LogP contribution is -2.36. The first-order chi connectivity index (χ1) is 8.91. The van der Waals surface area contributed by atoms with Crippen molar-refractivity contribution in [3.05, 3.63) is 42.0 Å². The average molecular weight is 257 g/mol. The second kappa shape index (κ2) is 5.22. The molecule has 2 rings (SSSR count). The highest BCUT2D eigenvalue weighted by Crippen LogP contribution is 2.27. The van der Waals surface area contributed by atoms with Gasteiger partial charge in [0.05, 0.1) is 7.11 Å². The summed E-state index contributed by atoms with van der Waals surface area (Å²) in [5.41, 5.74) is 7.72. The van der Waals surface area contributed by atoms with Crippen LogP contribution in [0.1, 0.15) is 26.3 Å². The van der Waals surface area contributed by atoms with Gasteiger partial charge in [0.25, 0.3) is 0 Å². The molecule has 0 heterocycles. The maximum Gasteiger partial charge on any atom is 0.119 e. The third-order valence-corrected chi connectivity index (χ3v) is 3.73. The van der Waals surface area contributed by atoms with Crippen LogP contribution >= 0.6 is 0 Å². The minimum atomic E-state index is 0.112. The number of fused-ring (bicyclic) bond motifs is 1. The zero-order chi connectivity index (χ0) is 14.0. The number of methoxy groups -OCH3 is 1. The lowest BCUT2D eigenvalue weighted by molar-refractivity contribution is 0.319. The molecule has 1 unspecified atom stereocenters. The molecule has 0 aromatic heterocycles. The van der Waals surface area contributed by atoms with Crippen LogP contribution in [-0.4, -0.2) is 13.2 Å². The Labute approximate surface area is 115 Å². The van der Waals surface area contributed by atoms with E-state index in [1.54, 1.807) is 7.11 Å². The molecule has 2 nitrogen and oxygen atoms in total. The first-order valence-corrected chi connectivity index (χ1v) is 6.73. The van der Waals surface area contributed by atoms with Gasteiger partial charge in [0.2, 0.25) is 0 Å². The van der Waals surface area contributed by atoms with Crippen LogP contribution in [0, 0.1) is 5.41 Å². The van der Waals surface area contributed by atoms with Crippen molar-refractivity contribution in [3.63, 3.8) is 0 Å². The molecule has 0 saturated carbocycles. The Bertz CT molecular complexity index is 569. The van der Waals surface area contributed by atoms with Crippen molar-refractivity contribution in [3.8, 4) is 5.75 Å². The van der Waals surface area contributed by atoms with E-state index < -0.39 is 0 Å². The zero-order valence-electron chi connectivity index (χ0n) is 12.2. The van der Waals surface area contributed by atoms with Crippen LogP contribution in [-0.2, 0) is 6.42 Å². The van der Waals surface area contributed by atoms with E-state index in [1.165, 1.54) is 16.3 Å². The van der Waals surface area contributed by atoms with Crippen LogP contribution in [0.25, 0.3) is 10.8 Å². The van der Waals surface area contributed by atoms with Crippen molar-refractivity contribution in [1.82, 2.24) is 0 Å². The first kappa shape index (κ1) is 13.9. The Morgan fingerprint density at radius 3 is 2.53 bits per heavy atom. The van der Waals surface area contributed by atoms with Gasteiger partial charge in [-0.3, -0.25) is 0 Å². The summed E-state index contributed by atoms with van der Waals surface area (Å²) in [4.78, 5) is 0. The molecule has 2 N–H and O–H groups in total. The number of ether oxygens (including phenoxy) is 1. The normalized spacial score (nSPS) is 13.5. The highest BCUT2D eigenvalue weighted by atomic mass is 16.5. The maximum absolute atomic E-state index is 6.31. The summed E-state index contributed by atoms with van der Waals surface area (Å²) in [5.74, 6) is 0.893. The number of rotatable bonds is 3. The van der Waals surface area contributed by atoms with Gasteiger partial charge >= 0.3 is 0 Å². The first-order valence-electron chi connectivity index (χ1n) is 6.73. The smallest absolute Gasteiger partial charge is 0.119 e. The van der Waals surface area contributed by atoms with Gasteiger partial charge in [-0.05, 0) is 40.3 Å². The lowest BCUT2D eigenvalue weighted by Gasteiger charge is -2.27. The van der Waals surface area contributed by atoms with E-state index in [2.05, 4.69) is 51.1 Å². The molecule has 0 aliphatic heterocycles. The standard InChI is InChI=1S/C17H23NO/c1-17(2,3)16(18)10-13-7-5-6-12-8-9-14(19-4)11-15(12)13/h5-9,11,16H,10,18H2,1-4H3. The lowest BCUT2D eigenvalue weighted by atomic mass is 9.83. The quantitative estimate of drug-likeness (QED) is 0.908. The summed E-state index contributed by atoms with van der Waals surface area (Å²) in [5, 5.41) is 2.47. The molecule has 1 atom stereocenters. The molecule has 2 aromatic carbocycles. The van der Waals surface area contributed by atoms with Crippen molar-refractivity contribution in [1.29, 1.82) is 0 Å². The van der Waals surface area contributed by atoms with Gasteiger partial charge in [-0.25, -0.2) is 0 Å². The van der Waals surface area contributed by atoms with E-state index in [0.717, 1.165) is 12.2 Å². The number of hydrogen-bond acceptors (Lipinski definition) is 2.